The predicted molar refractivity (Wildman–Crippen MR) is 69.6 cm³/mol. The van der Waals surface area contributed by atoms with Crippen molar-refractivity contribution in [3.8, 4) is 0 Å². The van der Waals surface area contributed by atoms with Crippen LogP contribution in [0.5, 0.6) is 0 Å². The Morgan fingerprint density at radius 1 is 1.39 bits per heavy atom. The molecule has 2 aliphatic heterocycles. The number of nitrogens with zero attached hydrogens (tertiary/aromatic N) is 4. The first-order chi connectivity index (χ1) is 8.73. The molecule has 3 heterocycles. The van der Waals surface area contributed by atoms with Crippen LogP contribution < -0.4 is 4.90 Å². The Morgan fingerprint density at radius 2 is 2.11 bits per heavy atom. The van der Waals surface area contributed by atoms with Crippen LogP contribution in [0, 0.1) is 5.92 Å². The van der Waals surface area contributed by atoms with Gasteiger partial charge in [-0.3, -0.25) is 4.90 Å². The second kappa shape index (κ2) is 4.48. The van der Waals surface area contributed by atoms with Gasteiger partial charge < -0.3 is 9.64 Å². The monoisotopic (exact) mass is 248 g/mol. The third kappa shape index (κ3) is 1.87. The van der Waals surface area contributed by atoms with Crippen LogP contribution >= 0.6 is 0 Å². The van der Waals surface area contributed by atoms with Gasteiger partial charge in [-0.15, -0.1) is 0 Å². The Morgan fingerprint density at radius 3 is 2.78 bits per heavy atom. The number of likely N-dealkylation sites (N-methyl/N-ethyl adjacent to an activating group) is 1. The number of rotatable bonds is 3. The van der Waals surface area contributed by atoms with Crippen LogP contribution in [-0.4, -0.2) is 60.8 Å². The molecule has 5 heteroatoms. The highest BCUT2D eigenvalue weighted by Gasteiger charge is 2.52. The first kappa shape index (κ1) is 11.9. The molecule has 1 aromatic heterocycles. The molecule has 0 saturated carbocycles. The minimum Gasteiger partial charge on any atom is -0.384 e. The Hall–Kier alpha value is -1.20. The van der Waals surface area contributed by atoms with Gasteiger partial charge in [0.25, 0.3) is 0 Å². The maximum absolute atomic E-state index is 5.28. The highest BCUT2D eigenvalue weighted by molar-refractivity contribution is 5.38. The molecular formula is C13H20N4O. The van der Waals surface area contributed by atoms with Gasteiger partial charge >= 0.3 is 0 Å². The van der Waals surface area contributed by atoms with Crippen molar-refractivity contribution in [3.63, 3.8) is 0 Å². The highest BCUT2D eigenvalue weighted by Crippen LogP contribution is 2.40. The smallest absolute Gasteiger partial charge is 0.225 e. The molecule has 0 aromatic carbocycles. The SMILES string of the molecule is COC[C@H]1CN(C)C2(C1)CN(c1ncccn1)C2. The van der Waals surface area contributed by atoms with E-state index in [4.69, 9.17) is 4.74 Å². The molecule has 1 atom stereocenters. The van der Waals surface area contributed by atoms with Gasteiger partial charge in [-0.25, -0.2) is 9.97 Å². The molecule has 0 unspecified atom stereocenters. The van der Waals surface area contributed by atoms with Gasteiger partial charge in [-0.05, 0) is 25.5 Å². The van der Waals surface area contributed by atoms with Crippen molar-refractivity contribution in [2.24, 2.45) is 5.92 Å². The molecule has 2 aliphatic rings. The summed E-state index contributed by atoms with van der Waals surface area (Å²) in [6.07, 6.45) is 4.83. The van der Waals surface area contributed by atoms with Gasteiger partial charge in [0.15, 0.2) is 0 Å². The Balaban J connectivity index is 1.64. The van der Waals surface area contributed by atoms with Crippen LogP contribution in [-0.2, 0) is 4.74 Å². The standard InChI is InChI=1S/C13H20N4O/c1-16-7-11(8-18-2)6-13(16)9-17(10-13)12-14-4-3-5-15-12/h3-5,11H,6-10H2,1-2H3/t11-/m1/s1. The fourth-order valence-corrected chi connectivity index (χ4v) is 3.32. The summed E-state index contributed by atoms with van der Waals surface area (Å²) in [6, 6.07) is 1.86. The molecule has 0 aliphatic carbocycles. The van der Waals surface area contributed by atoms with Gasteiger partial charge in [-0.2, -0.15) is 0 Å². The third-order valence-corrected chi connectivity index (χ3v) is 4.22. The first-order valence-electron chi connectivity index (χ1n) is 6.46. The fraction of sp³-hybridized carbons (Fsp3) is 0.692. The van der Waals surface area contributed by atoms with Crippen molar-refractivity contribution < 1.29 is 4.74 Å². The highest BCUT2D eigenvalue weighted by atomic mass is 16.5. The molecule has 5 nitrogen and oxygen atoms in total. The minimum atomic E-state index is 0.322. The second-order valence-electron chi connectivity index (χ2n) is 5.54. The van der Waals surface area contributed by atoms with Crippen molar-refractivity contribution >= 4 is 5.95 Å². The summed E-state index contributed by atoms with van der Waals surface area (Å²) in [6.45, 7) is 4.08. The number of methoxy groups -OCH3 is 1. The van der Waals surface area contributed by atoms with Crippen molar-refractivity contribution in [3.05, 3.63) is 18.5 Å². The molecule has 18 heavy (non-hydrogen) atoms. The molecule has 0 bridgehead atoms. The lowest BCUT2D eigenvalue weighted by Gasteiger charge is -2.51. The predicted octanol–water partition coefficient (Wildman–Crippen LogP) is 0.633. The molecule has 1 spiro atoms. The van der Waals surface area contributed by atoms with Crippen LogP contribution in [0.4, 0.5) is 5.95 Å². The van der Waals surface area contributed by atoms with E-state index in [0.29, 0.717) is 11.5 Å². The van der Waals surface area contributed by atoms with E-state index in [2.05, 4.69) is 26.8 Å². The lowest BCUT2D eigenvalue weighted by Crippen LogP contribution is -2.67. The maximum atomic E-state index is 5.28. The largest absolute Gasteiger partial charge is 0.384 e. The molecule has 3 rings (SSSR count). The molecule has 0 radical (unpaired) electrons. The third-order valence-electron chi connectivity index (χ3n) is 4.22. The summed E-state index contributed by atoms with van der Waals surface area (Å²) >= 11 is 0. The number of hydrogen-bond acceptors (Lipinski definition) is 5. The number of ether oxygens (including phenoxy) is 1. The van der Waals surface area contributed by atoms with E-state index in [1.165, 1.54) is 6.42 Å². The molecule has 0 amide bonds. The van der Waals surface area contributed by atoms with Crippen molar-refractivity contribution in [1.29, 1.82) is 0 Å². The van der Waals surface area contributed by atoms with Crippen LogP contribution in [0.2, 0.25) is 0 Å². The number of anilines is 1. The van der Waals surface area contributed by atoms with E-state index in [1.54, 1.807) is 19.5 Å². The average molecular weight is 248 g/mol. The van der Waals surface area contributed by atoms with E-state index in [0.717, 1.165) is 32.2 Å². The van der Waals surface area contributed by atoms with Crippen LogP contribution in [0.1, 0.15) is 6.42 Å². The topological polar surface area (TPSA) is 41.5 Å². The molecular weight excluding hydrogens is 228 g/mol. The summed E-state index contributed by atoms with van der Waals surface area (Å²) in [5.41, 5.74) is 0.322. The van der Waals surface area contributed by atoms with Gasteiger partial charge in [0.05, 0.1) is 12.1 Å². The van der Waals surface area contributed by atoms with Crippen molar-refractivity contribution in [2.75, 3.05) is 45.3 Å². The normalized spacial score (nSPS) is 26.6. The Bertz CT molecular complexity index is 405. The first-order valence-corrected chi connectivity index (χ1v) is 6.46. The Kier molecular flexibility index (Phi) is 2.95. The summed E-state index contributed by atoms with van der Waals surface area (Å²) in [7, 11) is 4.01. The van der Waals surface area contributed by atoms with Crippen molar-refractivity contribution in [1.82, 2.24) is 14.9 Å². The summed E-state index contributed by atoms with van der Waals surface area (Å²) < 4.78 is 5.28. The van der Waals surface area contributed by atoms with Gasteiger partial charge in [0.1, 0.15) is 0 Å². The number of aromatic nitrogens is 2. The van der Waals surface area contributed by atoms with Gasteiger partial charge in [0.2, 0.25) is 5.95 Å². The van der Waals surface area contributed by atoms with E-state index in [9.17, 15) is 0 Å². The minimum absolute atomic E-state index is 0.322. The molecule has 98 valence electrons. The van der Waals surface area contributed by atoms with E-state index in [-0.39, 0.29) is 0 Å². The van der Waals surface area contributed by atoms with Crippen LogP contribution in [0.25, 0.3) is 0 Å². The zero-order valence-electron chi connectivity index (χ0n) is 11.0. The summed E-state index contributed by atoms with van der Waals surface area (Å²) in [4.78, 5) is 13.4. The van der Waals surface area contributed by atoms with Crippen LogP contribution in [0.15, 0.2) is 18.5 Å². The van der Waals surface area contributed by atoms with Gasteiger partial charge in [0, 0.05) is 39.1 Å². The summed E-state index contributed by atoms with van der Waals surface area (Å²) in [5, 5.41) is 0. The lowest BCUT2D eigenvalue weighted by molar-refractivity contribution is 0.131. The quantitative estimate of drug-likeness (QED) is 0.785. The average Bonchev–Trinajstić information content (AvgIpc) is 2.66. The zero-order valence-corrected chi connectivity index (χ0v) is 11.0. The van der Waals surface area contributed by atoms with E-state index >= 15 is 0 Å². The second-order valence-corrected chi connectivity index (χ2v) is 5.54. The zero-order chi connectivity index (χ0) is 12.6. The molecule has 2 fully saturated rings. The number of likely N-dealkylation sites (tertiary alicyclic amines) is 1. The van der Waals surface area contributed by atoms with Crippen molar-refractivity contribution in [2.45, 2.75) is 12.0 Å². The molecule has 2 saturated heterocycles. The number of hydrogen-bond donors (Lipinski definition) is 0. The van der Waals surface area contributed by atoms with E-state index < -0.39 is 0 Å². The maximum Gasteiger partial charge on any atom is 0.225 e. The Labute approximate surface area is 108 Å². The van der Waals surface area contributed by atoms with Gasteiger partial charge in [-0.1, -0.05) is 0 Å². The summed E-state index contributed by atoms with van der Waals surface area (Å²) in [5.74, 6) is 1.52. The fourth-order valence-electron chi connectivity index (χ4n) is 3.32. The van der Waals surface area contributed by atoms with Crippen LogP contribution in [0.3, 0.4) is 0 Å². The molecule has 1 aromatic rings. The lowest BCUT2D eigenvalue weighted by atomic mass is 9.85. The van der Waals surface area contributed by atoms with E-state index in [1.807, 2.05) is 6.07 Å². The molecule has 0 N–H and O–H groups in total.